The molecule has 72 valence electrons. The Morgan fingerprint density at radius 3 is 2.71 bits per heavy atom. The molecule has 1 aromatic rings. The summed E-state index contributed by atoms with van der Waals surface area (Å²) in [5, 5.41) is 16.5. The first-order valence-corrected chi connectivity index (χ1v) is 4.44. The third-order valence-corrected chi connectivity index (χ3v) is 2.28. The molecule has 14 heavy (non-hydrogen) atoms. The molecule has 5 heteroatoms. The average Bonchev–Trinajstić information content (AvgIpc) is 2.16. The molecule has 0 fully saturated rings. The predicted octanol–water partition coefficient (Wildman–Crippen LogP) is 2.58. The molecule has 0 aliphatic carbocycles. The molecule has 0 aliphatic rings. The number of carboxylic acids is 1. The van der Waals surface area contributed by atoms with E-state index in [9.17, 15) is 4.79 Å². The van der Waals surface area contributed by atoms with E-state index in [1.807, 2.05) is 6.07 Å². The number of halogens is 2. The molecule has 0 aromatic heterocycles. The summed E-state index contributed by atoms with van der Waals surface area (Å²) in [5.41, 5.74) is 0.436. The normalized spacial score (nSPS) is 11.8. The van der Waals surface area contributed by atoms with Gasteiger partial charge < -0.3 is 5.11 Å². The van der Waals surface area contributed by atoms with Gasteiger partial charge in [-0.3, -0.25) is 4.79 Å². The largest absolute Gasteiger partial charge is 0.480 e. The highest BCUT2D eigenvalue weighted by Gasteiger charge is 2.19. The van der Waals surface area contributed by atoms with Crippen molar-refractivity contribution in [1.29, 1.82) is 5.26 Å². The topological polar surface area (TPSA) is 61.1 Å². The van der Waals surface area contributed by atoms with Crippen molar-refractivity contribution in [3.05, 3.63) is 34.3 Å². The summed E-state index contributed by atoms with van der Waals surface area (Å²) in [7, 11) is 0. The number of nitrogens with zero attached hydrogens (tertiary/aromatic N) is 1. The minimum atomic E-state index is -1.22. The zero-order chi connectivity index (χ0) is 10.7. The molecule has 1 unspecified atom stereocenters. The van der Waals surface area contributed by atoms with Gasteiger partial charge in [-0.2, -0.15) is 5.26 Å². The molecule has 0 radical (unpaired) electrons. The van der Waals surface area contributed by atoms with Gasteiger partial charge in [0.25, 0.3) is 0 Å². The Morgan fingerprint density at radius 2 is 2.21 bits per heavy atom. The van der Waals surface area contributed by atoms with Gasteiger partial charge in [-0.15, -0.1) is 11.6 Å². The molecule has 0 spiro atoms. The van der Waals surface area contributed by atoms with Crippen LogP contribution in [0.5, 0.6) is 0 Å². The van der Waals surface area contributed by atoms with Crippen molar-refractivity contribution in [3.63, 3.8) is 0 Å². The van der Waals surface area contributed by atoms with Gasteiger partial charge in [0.2, 0.25) is 0 Å². The minimum Gasteiger partial charge on any atom is -0.480 e. The second-order valence-electron chi connectivity index (χ2n) is 2.54. The van der Waals surface area contributed by atoms with E-state index in [1.165, 1.54) is 18.2 Å². The van der Waals surface area contributed by atoms with Crippen LogP contribution >= 0.6 is 23.2 Å². The summed E-state index contributed by atoms with van der Waals surface area (Å²) in [5.74, 6) is -1.19. The predicted molar refractivity (Wildman–Crippen MR) is 52.4 cm³/mol. The Kier molecular flexibility index (Phi) is 3.34. The fourth-order valence-corrected chi connectivity index (χ4v) is 1.34. The average molecular weight is 230 g/mol. The number of carboxylic acid groups (broad SMARTS) is 1. The van der Waals surface area contributed by atoms with Gasteiger partial charge in [0, 0.05) is 5.02 Å². The van der Waals surface area contributed by atoms with Crippen LogP contribution in [0.3, 0.4) is 0 Å². The SMILES string of the molecule is N#Cc1cc(Cl)ccc1C(Cl)C(=O)O. The Balaban J connectivity index is 3.22. The first-order chi connectivity index (χ1) is 6.56. The van der Waals surface area contributed by atoms with Crippen molar-refractivity contribution in [2.75, 3.05) is 0 Å². The Morgan fingerprint density at radius 1 is 1.57 bits per heavy atom. The van der Waals surface area contributed by atoms with E-state index in [1.54, 1.807) is 0 Å². The molecule has 0 aliphatic heterocycles. The number of hydrogen-bond donors (Lipinski definition) is 1. The maximum absolute atomic E-state index is 10.6. The van der Waals surface area contributed by atoms with Crippen molar-refractivity contribution in [3.8, 4) is 6.07 Å². The van der Waals surface area contributed by atoms with Crippen LogP contribution in [-0.2, 0) is 4.79 Å². The first-order valence-electron chi connectivity index (χ1n) is 3.62. The molecule has 1 aromatic carbocycles. The summed E-state index contributed by atoms with van der Waals surface area (Å²) in [6.45, 7) is 0. The van der Waals surface area contributed by atoms with Crippen molar-refractivity contribution in [2.24, 2.45) is 0 Å². The number of alkyl halides is 1. The lowest BCUT2D eigenvalue weighted by Crippen LogP contribution is -2.06. The number of rotatable bonds is 2. The van der Waals surface area contributed by atoms with E-state index in [2.05, 4.69) is 0 Å². The number of benzene rings is 1. The van der Waals surface area contributed by atoms with E-state index in [4.69, 9.17) is 33.6 Å². The second kappa shape index (κ2) is 4.32. The van der Waals surface area contributed by atoms with Crippen molar-refractivity contribution < 1.29 is 9.90 Å². The summed E-state index contributed by atoms with van der Waals surface area (Å²) >= 11 is 11.2. The van der Waals surface area contributed by atoms with Crippen LogP contribution in [0.25, 0.3) is 0 Å². The van der Waals surface area contributed by atoms with Crippen LogP contribution in [0, 0.1) is 11.3 Å². The van der Waals surface area contributed by atoms with Crippen LogP contribution < -0.4 is 0 Å². The van der Waals surface area contributed by atoms with Gasteiger partial charge in [-0.25, -0.2) is 0 Å². The molecule has 1 N–H and O–H groups in total. The van der Waals surface area contributed by atoms with Gasteiger partial charge in [0.15, 0.2) is 5.38 Å². The highest BCUT2D eigenvalue weighted by molar-refractivity contribution is 6.31. The smallest absolute Gasteiger partial charge is 0.326 e. The number of hydrogen-bond acceptors (Lipinski definition) is 2. The molecule has 1 atom stereocenters. The summed E-state index contributed by atoms with van der Waals surface area (Å²) in [6, 6.07) is 6.16. The minimum absolute atomic E-state index is 0.180. The number of carbonyl (C=O) groups is 1. The molecular formula is C9H5Cl2NO2. The zero-order valence-electron chi connectivity index (χ0n) is 6.87. The van der Waals surface area contributed by atoms with Crippen molar-refractivity contribution in [1.82, 2.24) is 0 Å². The monoisotopic (exact) mass is 229 g/mol. The van der Waals surface area contributed by atoms with Gasteiger partial charge in [-0.05, 0) is 17.7 Å². The lowest BCUT2D eigenvalue weighted by molar-refractivity contribution is -0.136. The molecule has 0 saturated heterocycles. The van der Waals surface area contributed by atoms with Gasteiger partial charge in [0.05, 0.1) is 11.6 Å². The van der Waals surface area contributed by atoms with Crippen LogP contribution in [-0.4, -0.2) is 11.1 Å². The molecule has 0 amide bonds. The fraction of sp³-hybridized carbons (Fsp3) is 0.111. The summed E-state index contributed by atoms with van der Waals surface area (Å²) < 4.78 is 0. The Bertz CT molecular complexity index is 412. The standard InChI is InChI=1S/C9H5Cl2NO2/c10-6-1-2-7(5(3-6)4-12)8(11)9(13)14/h1-3,8H,(H,13,14). The van der Waals surface area contributed by atoms with Crippen LogP contribution in [0.2, 0.25) is 5.02 Å². The van der Waals surface area contributed by atoms with E-state index in [0.717, 1.165) is 0 Å². The second-order valence-corrected chi connectivity index (χ2v) is 3.42. The molecule has 0 saturated carbocycles. The van der Waals surface area contributed by atoms with Gasteiger partial charge in [0.1, 0.15) is 0 Å². The molecule has 1 rings (SSSR count). The van der Waals surface area contributed by atoms with Crippen LogP contribution in [0.4, 0.5) is 0 Å². The first kappa shape index (κ1) is 10.8. The highest BCUT2D eigenvalue weighted by Crippen LogP contribution is 2.26. The lowest BCUT2D eigenvalue weighted by Gasteiger charge is -2.06. The molecule has 0 bridgehead atoms. The third-order valence-electron chi connectivity index (χ3n) is 1.63. The molecule has 3 nitrogen and oxygen atoms in total. The van der Waals surface area contributed by atoms with Crippen molar-refractivity contribution >= 4 is 29.2 Å². The number of nitriles is 1. The van der Waals surface area contributed by atoms with E-state index in [0.29, 0.717) is 5.02 Å². The molecule has 0 heterocycles. The fourth-order valence-electron chi connectivity index (χ4n) is 0.979. The van der Waals surface area contributed by atoms with Crippen LogP contribution in [0.15, 0.2) is 18.2 Å². The van der Waals surface area contributed by atoms with Crippen molar-refractivity contribution in [2.45, 2.75) is 5.38 Å². The van der Waals surface area contributed by atoms with E-state index < -0.39 is 11.3 Å². The maximum Gasteiger partial charge on any atom is 0.326 e. The van der Waals surface area contributed by atoms with Gasteiger partial charge in [-0.1, -0.05) is 17.7 Å². The van der Waals surface area contributed by atoms with Crippen LogP contribution in [0.1, 0.15) is 16.5 Å². The maximum atomic E-state index is 10.6. The summed E-state index contributed by atoms with van der Waals surface area (Å²) in [4.78, 5) is 10.6. The number of aliphatic carboxylic acids is 1. The highest BCUT2D eigenvalue weighted by atomic mass is 35.5. The quantitative estimate of drug-likeness (QED) is 0.794. The Labute approximate surface area is 90.5 Å². The zero-order valence-corrected chi connectivity index (χ0v) is 8.38. The van der Waals surface area contributed by atoms with E-state index >= 15 is 0 Å². The summed E-state index contributed by atoms with van der Waals surface area (Å²) in [6.07, 6.45) is 0. The lowest BCUT2D eigenvalue weighted by atomic mass is 10.1. The molecular weight excluding hydrogens is 225 g/mol. The Hall–Kier alpha value is -1.24. The third kappa shape index (κ3) is 2.16. The van der Waals surface area contributed by atoms with Gasteiger partial charge >= 0.3 is 5.97 Å². The van der Waals surface area contributed by atoms with E-state index in [-0.39, 0.29) is 11.1 Å².